The Bertz CT molecular complexity index is 2420. The van der Waals surface area contributed by atoms with Crippen LogP contribution >= 0.6 is 0 Å². The van der Waals surface area contributed by atoms with E-state index in [9.17, 15) is 24.3 Å². The molecule has 1 unspecified atom stereocenters. The van der Waals surface area contributed by atoms with Crippen molar-refractivity contribution in [3.63, 3.8) is 0 Å². The standard InChI is InChI=1S/C52H73N7O11/c1-49(2,3)68-46(62)55-39(45(60)61)24-27-57(25-17-26-58(48(64)70-51(7,8)9)28-22-34-18-16-21-37(30-34)65-36-19-14-13-15-20-36)32-35-31-40(42-41(35)66-52(10,11)67-42)59-29-23-38-43(53-33-54-44(38)59)56(12)47(63)69-50(4,5)6/h13-16,18-21,23,29-30,33,35,39-42H,17,22,24-28,31-32H2,1-12H3,(H,55,62)(H,60,61)/t35-,39?,40-,41-,42+/m1/s1. The third-order valence-corrected chi connectivity index (χ3v) is 11.7. The molecule has 1 saturated heterocycles. The lowest BCUT2D eigenvalue weighted by Gasteiger charge is -2.31. The van der Waals surface area contributed by atoms with Crippen molar-refractivity contribution in [3.8, 4) is 11.5 Å². The predicted octanol–water partition coefficient (Wildman–Crippen LogP) is 9.22. The minimum atomic E-state index is -1.23. The second-order valence-corrected chi connectivity index (χ2v) is 21.6. The van der Waals surface area contributed by atoms with Crippen LogP contribution in [0.25, 0.3) is 11.0 Å². The predicted molar refractivity (Wildman–Crippen MR) is 264 cm³/mol. The molecule has 2 aliphatic rings. The molecule has 0 bridgehead atoms. The van der Waals surface area contributed by atoms with E-state index < -0.39 is 52.9 Å². The highest BCUT2D eigenvalue weighted by Crippen LogP contribution is 2.48. The molecule has 4 aromatic rings. The maximum atomic E-state index is 13.8. The van der Waals surface area contributed by atoms with E-state index >= 15 is 0 Å². The van der Waals surface area contributed by atoms with E-state index in [1.807, 2.05) is 101 Å². The first-order valence-corrected chi connectivity index (χ1v) is 24.1. The van der Waals surface area contributed by atoms with E-state index in [1.165, 1.54) is 11.2 Å². The monoisotopic (exact) mass is 972 g/mol. The van der Waals surface area contributed by atoms with E-state index in [0.29, 0.717) is 68.0 Å². The van der Waals surface area contributed by atoms with Gasteiger partial charge in [0, 0.05) is 45.3 Å². The fourth-order valence-corrected chi connectivity index (χ4v) is 8.82. The van der Waals surface area contributed by atoms with E-state index in [0.717, 1.165) is 11.3 Å². The molecule has 2 aromatic carbocycles. The lowest BCUT2D eigenvalue weighted by Crippen LogP contribution is -2.46. The Morgan fingerprint density at radius 1 is 0.814 bits per heavy atom. The van der Waals surface area contributed by atoms with Gasteiger partial charge in [-0.25, -0.2) is 29.1 Å². The maximum Gasteiger partial charge on any atom is 0.415 e. The Morgan fingerprint density at radius 3 is 2.14 bits per heavy atom. The molecule has 1 aliphatic heterocycles. The number of para-hydroxylation sites is 1. The fourth-order valence-electron chi connectivity index (χ4n) is 8.82. The second-order valence-electron chi connectivity index (χ2n) is 21.6. The van der Waals surface area contributed by atoms with Crippen molar-refractivity contribution >= 4 is 41.1 Å². The third-order valence-electron chi connectivity index (χ3n) is 11.7. The van der Waals surface area contributed by atoms with Crippen molar-refractivity contribution in [1.29, 1.82) is 0 Å². The number of carboxylic acids is 1. The summed E-state index contributed by atoms with van der Waals surface area (Å²) in [4.78, 5) is 66.7. The molecule has 0 spiro atoms. The summed E-state index contributed by atoms with van der Waals surface area (Å²) in [6.07, 6.45) is 2.59. The van der Waals surface area contributed by atoms with Gasteiger partial charge in [-0.2, -0.15) is 0 Å². The van der Waals surface area contributed by atoms with Gasteiger partial charge in [0.25, 0.3) is 0 Å². The van der Waals surface area contributed by atoms with Gasteiger partial charge in [-0.3, -0.25) is 4.90 Å². The first-order valence-electron chi connectivity index (χ1n) is 24.1. The zero-order valence-electron chi connectivity index (χ0n) is 42.9. The number of anilines is 1. The van der Waals surface area contributed by atoms with Gasteiger partial charge in [0.1, 0.15) is 52.4 Å². The zero-order chi connectivity index (χ0) is 51.2. The Hall–Kier alpha value is -5.98. The minimum Gasteiger partial charge on any atom is -0.480 e. The molecule has 2 fully saturated rings. The van der Waals surface area contributed by atoms with Gasteiger partial charge < -0.3 is 53.2 Å². The van der Waals surface area contributed by atoms with Crippen molar-refractivity contribution in [2.75, 3.05) is 44.7 Å². The maximum absolute atomic E-state index is 13.8. The van der Waals surface area contributed by atoms with Crippen molar-refractivity contribution in [1.82, 2.24) is 29.7 Å². The van der Waals surface area contributed by atoms with Gasteiger partial charge in [0.05, 0.1) is 17.5 Å². The van der Waals surface area contributed by atoms with Gasteiger partial charge in [-0.05, 0) is 144 Å². The van der Waals surface area contributed by atoms with E-state index in [2.05, 4.69) is 24.8 Å². The van der Waals surface area contributed by atoms with Gasteiger partial charge in [0.2, 0.25) is 0 Å². The normalized spacial score (nSPS) is 19.3. The number of aliphatic carboxylic acids is 1. The van der Waals surface area contributed by atoms with Crippen LogP contribution in [-0.2, 0) is 34.9 Å². The third kappa shape index (κ3) is 15.0. The Balaban J connectivity index is 1.23. The van der Waals surface area contributed by atoms with Crippen LogP contribution in [0.15, 0.2) is 73.2 Å². The number of fused-ring (bicyclic) bond motifs is 2. The molecule has 382 valence electrons. The van der Waals surface area contributed by atoms with Gasteiger partial charge in [0.15, 0.2) is 11.6 Å². The summed E-state index contributed by atoms with van der Waals surface area (Å²) in [6, 6.07) is 17.8. The molecule has 2 aromatic heterocycles. The average molecular weight is 972 g/mol. The molecule has 5 atom stereocenters. The number of hydrogen-bond acceptors (Lipinski definition) is 13. The molecule has 1 saturated carbocycles. The number of hydrogen-bond donors (Lipinski definition) is 2. The van der Waals surface area contributed by atoms with Gasteiger partial charge >= 0.3 is 24.2 Å². The first-order chi connectivity index (χ1) is 32.7. The average Bonchev–Trinajstić information content (AvgIpc) is 3.92. The summed E-state index contributed by atoms with van der Waals surface area (Å²) in [5.41, 5.74) is -0.648. The SMILES string of the molecule is CN(C(=O)OC(C)(C)C)c1ncnc2c1ccn2[C@@H]1C[C@H](CN(CCCN(CCc2cccc(Oc3ccccc3)c2)C(=O)OC(C)(C)C)CCC(NC(=O)OC(C)(C)C)C(=O)O)[C@H]2OC(C)(C)O[C@H]21. The fraction of sp³-hybridized carbons (Fsp3) is 0.577. The van der Waals surface area contributed by atoms with E-state index in [1.54, 1.807) is 53.5 Å². The molecule has 18 heteroatoms. The molecule has 2 N–H and O–H groups in total. The van der Waals surface area contributed by atoms with Gasteiger partial charge in [-0.15, -0.1) is 0 Å². The van der Waals surface area contributed by atoms with Crippen molar-refractivity contribution in [3.05, 3.63) is 78.8 Å². The smallest absolute Gasteiger partial charge is 0.415 e. The molecular formula is C52H73N7O11. The molecule has 3 heterocycles. The van der Waals surface area contributed by atoms with Crippen LogP contribution in [0.2, 0.25) is 0 Å². The van der Waals surface area contributed by atoms with Crippen LogP contribution in [0.4, 0.5) is 20.2 Å². The molecular weight excluding hydrogens is 899 g/mol. The van der Waals surface area contributed by atoms with Crippen LogP contribution in [0.5, 0.6) is 11.5 Å². The molecule has 1 aliphatic carbocycles. The molecule has 0 radical (unpaired) electrons. The second kappa shape index (κ2) is 22.0. The van der Waals surface area contributed by atoms with E-state index in [-0.39, 0.29) is 37.1 Å². The number of carboxylic acid groups (broad SMARTS) is 1. The summed E-state index contributed by atoms with van der Waals surface area (Å²) < 4.78 is 38.4. The van der Waals surface area contributed by atoms with E-state index in [4.69, 9.17) is 28.4 Å². The summed E-state index contributed by atoms with van der Waals surface area (Å²) in [7, 11) is 1.62. The highest BCUT2D eigenvalue weighted by Gasteiger charge is 2.55. The number of benzene rings is 2. The largest absolute Gasteiger partial charge is 0.480 e. The number of carbonyl (C=O) groups excluding carboxylic acids is 3. The summed E-state index contributed by atoms with van der Waals surface area (Å²) in [5.74, 6) is -0.375. The zero-order valence-corrected chi connectivity index (χ0v) is 42.9. The number of ether oxygens (including phenoxy) is 6. The topological polar surface area (TPSA) is 196 Å². The summed E-state index contributed by atoms with van der Waals surface area (Å²) in [6.45, 7) is 21.8. The Morgan fingerprint density at radius 2 is 1.47 bits per heavy atom. The number of nitrogens with one attached hydrogen (secondary N) is 1. The van der Waals surface area contributed by atoms with Crippen LogP contribution in [0, 0.1) is 5.92 Å². The van der Waals surface area contributed by atoms with Crippen LogP contribution < -0.4 is 15.0 Å². The van der Waals surface area contributed by atoms with Crippen molar-refractivity contribution in [2.24, 2.45) is 5.92 Å². The number of nitrogens with zero attached hydrogens (tertiary/aromatic N) is 6. The molecule has 18 nitrogen and oxygen atoms in total. The highest BCUT2D eigenvalue weighted by molar-refractivity contribution is 5.97. The van der Waals surface area contributed by atoms with Crippen LogP contribution in [0.1, 0.15) is 107 Å². The Labute approximate surface area is 411 Å². The number of amides is 3. The summed E-state index contributed by atoms with van der Waals surface area (Å²) in [5, 5.41) is 13.5. The lowest BCUT2D eigenvalue weighted by molar-refractivity contribution is -0.161. The molecule has 70 heavy (non-hydrogen) atoms. The van der Waals surface area contributed by atoms with Crippen LogP contribution in [0.3, 0.4) is 0 Å². The number of carbonyl (C=O) groups is 4. The van der Waals surface area contributed by atoms with Gasteiger partial charge in [-0.1, -0.05) is 30.3 Å². The first kappa shape index (κ1) is 53.4. The molecule has 6 rings (SSSR count). The summed E-state index contributed by atoms with van der Waals surface area (Å²) >= 11 is 0. The number of aromatic nitrogens is 3. The van der Waals surface area contributed by atoms with Crippen LogP contribution in [-0.4, -0.2) is 134 Å². The Kier molecular flexibility index (Phi) is 16.8. The van der Waals surface area contributed by atoms with Crippen molar-refractivity contribution in [2.45, 2.75) is 149 Å². The highest BCUT2D eigenvalue weighted by atomic mass is 16.8. The van der Waals surface area contributed by atoms with Crippen molar-refractivity contribution < 1.29 is 52.7 Å². The molecule has 3 amide bonds. The number of rotatable bonds is 18. The lowest BCUT2D eigenvalue weighted by atomic mass is 10.0. The number of alkyl carbamates (subject to hydrolysis) is 1. The quantitative estimate of drug-likeness (QED) is 0.0895. The minimum absolute atomic E-state index is 0.0753.